The molecule has 1 atom stereocenters. The number of hydrogen-bond donors (Lipinski definition) is 3. The van der Waals surface area contributed by atoms with Gasteiger partial charge in [0.1, 0.15) is 0 Å². The number of hydrogen-bond acceptors (Lipinski definition) is 3. The molecule has 25 heavy (non-hydrogen) atoms. The van der Waals surface area contributed by atoms with Crippen molar-refractivity contribution < 1.29 is 9.90 Å². The fourth-order valence-electron chi connectivity index (χ4n) is 3.74. The number of benzene rings is 1. The van der Waals surface area contributed by atoms with Crippen LogP contribution in [0.5, 0.6) is 0 Å². The molecule has 3 aromatic rings. The topological polar surface area (TPSA) is 65.1 Å². The van der Waals surface area contributed by atoms with E-state index in [1.807, 2.05) is 36.6 Å². The van der Waals surface area contributed by atoms with E-state index in [1.165, 1.54) is 4.88 Å². The van der Waals surface area contributed by atoms with Crippen LogP contribution in [0.3, 0.4) is 0 Å². The van der Waals surface area contributed by atoms with Crippen LogP contribution in [-0.4, -0.2) is 22.1 Å². The van der Waals surface area contributed by atoms with Crippen molar-refractivity contribution >= 4 is 28.1 Å². The van der Waals surface area contributed by atoms with E-state index >= 15 is 0 Å². The number of aromatic amines is 1. The molecule has 1 aliphatic carbocycles. The van der Waals surface area contributed by atoms with Gasteiger partial charge in [-0.2, -0.15) is 0 Å². The summed E-state index contributed by atoms with van der Waals surface area (Å²) in [7, 11) is 0. The van der Waals surface area contributed by atoms with Gasteiger partial charge in [0, 0.05) is 21.5 Å². The van der Waals surface area contributed by atoms with Crippen LogP contribution in [0.15, 0.2) is 41.8 Å². The molecule has 1 saturated carbocycles. The van der Waals surface area contributed by atoms with Crippen molar-refractivity contribution in [2.45, 2.75) is 38.3 Å². The lowest BCUT2D eigenvalue weighted by Crippen LogP contribution is -2.41. The molecular formula is C20H22N2O2S. The van der Waals surface area contributed by atoms with Crippen molar-refractivity contribution in [2.75, 3.05) is 0 Å². The van der Waals surface area contributed by atoms with Crippen LogP contribution in [0, 0.1) is 12.8 Å². The van der Waals surface area contributed by atoms with E-state index in [-0.39, 0.29) is 18.1 Å². The molecule has 2 aromatic heterocycles. The molecule has 130 valence electrons. The molecule has 3 N–H and O–H groups in total. The number of carbonyl (C=O) groups excluding carboxylic acids is 1. The molecule has 1 aromatic carbocycles. The van der Waals surface area contributed by atoms with Gasteiger partial charge in [0.05, 0.1) is 18.6 Å². The highest BCUT2D eigenvalue weighted by Gasteiger charge is 2.36. The summed E-state index contributed by atoms with van der Waals surface area (Å²) in [5.74, 6) is 0.356. The Morgan fingerprint density at radius 3 is 2.84 bits per heavy atom. The highest BCUT2D eigenvalue weighted by Crippen LogP contribution is 2.39. The molecular weight excluding hydrogens is 332 g/mol. The van der Waals surface area contributed by atoms with Crippen molar-refractivity contribution in [3.05, 3.63) is 57.9 Å². The van der Waals surface area contributed by atoms with E-state index in [2.05, 4.69) is 22.4 Å². The van der Waals surface area contributed by atoms with Crippen molar-refractivity contribution in [3.63, 3.8) is 0 Å². The average molecular weight is 354 g/mol. The standard InChI is InChI=1S/C20H22N2O2S/c1-12-16(15-5-2-3-6-17(15)21-12)11-19(24)22-20(13-9-14(23)10-13)18-7-4-8-25-18/h2-8,13-14,20-21,23H,9-11H2,1H3,(H,22,24). The smallest absolute Gasteiger partial charge is 0.225 e. The number of aryl methyl sites for hydroxylation is 1. The summed E-state index contributed by atoms with van der Waals surface area (Å²) < 4.78 is 0. The monoisotopic (exact) mass is 354 g/mol. The Balaban J connectivity index is 1.52. The molecule has 0 saturated heterocycles. The molecule has 5 heteroatoms. The number of nitrogens with one attached hydrogen (secondary N) is 2. The largest absolute Gasteiger partial charge is 0.393 e. The molecule has 1 fully saturated rings. The highest BCUT2D eigenvalue weighted by molar-refractivity contribution is 7.10. The summed E-state index contributed by atoms with van der Waals surface area (Å²) in [6.45, 7) is 2.02. The van der Waals surface area contributed by atoms with Crippen LogP contribution in [0.25, 0.3) is 10.9 Å². The lowest BCUT2D eigenvalue weighted by atomic mass is 9.76. The Kier molecular flexibility index (Phi) is 4.36. The van der Waals surface area contributed by atoms with E-state index in [9.17, 15) is 9.90 Å². The molecule has 1 amide bonds. The van der Waals surface area contributed by atoms with Gasteiger partial charge in [0.2, 0.25) is 5.91 Å². The molecule has 4 nitrogen and oxygen atoms in total. The third kappa shape index (κ3) is 3.22. The van der Waals surface area contributed by atoms with E-state index < -0.39 is 0 Å². The summed E-state index contributed by atoms with van der Waals surface area (Å²) in [4.78, 5) is 17.3. The van der Waals surface area contributed by atoms with Gasteiger partial charge in [-0.05, 0) is 48.8 Å². The maximum atomic E-state index is 12.8. The number of fused-ring (bicyclic) bond motifs is 1. The minimum absolute atomic E-state index is 0.00131. The predicted molar refractivity (Wildman–Crippen MR) is 101 cm³/mol. The van der Waals surface area contributed by atoms with Gasteiger partial charge in [-0.15, -0.1) is 11.3 Å². The van der Waals surface area contributed by atoms with E-state index in [1.54, 1.807) is 11.3 Å². The zero-order chi connectivity index (χ0) is 17.4. The molecule has 4 rings (SSSR count). The van der Waals surface area contributed by atoms with Crippen LogP contribution in [0.1, 0.15) is 35.0 Å². The lowest BCUT2D eigenvalue weighted by Gasteiger charge is -2.37. The second-order valence-electron chi connectivity index (χ2n) is 6.90. The third-order valence-electron chi connectivity index (χ3n) is 5.15. The number of H-pyrrole nitrogens is 1. The highest BCUT2D eigenvalue weighted by atomic mass is 32.1. The first-order valence-corrected chi connectivity index (χ1v) is 9.57. The van der Waals surface area contributed by atoms with E-state index in [0.29, 0.717) is 12.3 Å². The summed E-state index contributed by atoms with van der Waals surface area (Å²) in [5, 5.41) is 16.0. The van der Waals surface area contributed by atoms with Gasteiger partial charge >= 0.3 is 0 Å². The van der Waals surface area contributed by atoms with Crippen molar-refractivity contribution in [1.29, 1.82) is 0 Å². The van der Waals surface area contributed by atoms with Gasteiger partial charge in [0.15, 0.2) is 0 Å². The number of rotatable bonds is 5. The third-order valence-corrected chi connectivity index (χ3v) is 6.11. The Hall–Kier alpha value is -2.11. The zero-order valence-electron chi connectivity index (χ0n) is 14.2. The molecule has 0 bridgehead atoms. The summed E-state index contributed by atoms with van der Waals surface area (Å²) >= 11 is 1.66. The summed E-state index contributed by atoms with van der Waals surface area (Å²) in [6, 6.07) is 12.2. The summed E-state index contributed by atoms with van der Waals surface area (Å²) in [5.41, 5.74) is 3.18. The zero-order valence-corrected chi connectivity index (χ0v) is 15.0. The fourth-order valence-corrected chi connectivity index (χ4v) is 4.61. The minimum Gasteiger partial charge on any atom is -0.393 e. The average Bonchev–Trinajstić information content (AvgIpc) is 3.19. The normalized spacial score (nSPS) is 21.0. The van der Waals surface area contributed by atoms with Crippen molar-refractivity contribution in [1.82, 2.24) is 10.3 Å². The van der Waals surface area contributed by atoms with Crippen molar-refractivity contribution in [2.24, 2.45) is 5.92 Å². The maximum Gasteiger partial charge on any atom is 0.225 e. The minimum atomic E-state index is -0.222. The number of para-hydroxylation sites is 1. The number of aromatic nitrogens is 1. The lowest BCUT2D eigenvalue weighted by molar-refractivity contribution is -0.122. The van der Waals surface area contributed by atoms with Crippen LogP contribution in [0.2, 0.25) is 0 Å². The van der Waals surface area contributed by atoms with Gasteiger partial charge in [0.25, 0.3) is 0 Å². The Morgan fingerprint density at radius 2 is 2.12 bits per heavy atom. The number of amides is 1. The molecule has 0 aliphatic heterocycles. The molecule has 1 unspecified atom stereocenters. The van der Waals surface area contributed by atoms with Crippen LogP contribution < -0.4 is 5.32 Å². The second kappa shape index (κ2) is 6.65. The van der Waals surface area contributed by atoms with Gasteiger partial charge in [-0.1, -0.05) is 24.3 Å². The van der Waals surface area contributed by atoms with Crippen LogP contribution in [-0.2, 0) is 11.2 Å². The Bertz CT molecular complexity index is 878. The first-order chi connectivity index (χ1) is 12.1. The Morgan fingerprint density at radius 1 is 1.32 bits per heavy atom. The number of carbonyl (C=O) groups is 1. The molecule has 2 heterocycles. The Labute approximate surface area is 150 Å². The van der Waals surface area contributed by atoms with Gasteiger partial charge in [-0.3, -0.25) is 4.79 Å². The van der Waals surface area contributed by atoms with Gasteiger partial charge in [-0.25, -0.2) is 0 Å². The SMILES string of the molecule is Cc1[nH]c2ccccc2c1CC(=O)NC(c1cccs1)C1CC(O)C1. The molecule has 0 spiro atoms. The fraction of sp³-hybridized carbons (Fsp3) is 0.350. The molecule has 1 aliphatic rings. The quantitative estimate of drug-likeness (QED) is 0.654. The molecule has 0 radical (unpaired) electrons. The first-order valence-electron chi connectivity index (χ1n) is 8.69. The number of aliphatic hydroxyl groups excluding tert-OH is 1. The van der Waals surface area contributed by atoms with E-state index in [4.69, 9.17) is 0 Å². The van der Waals surface area contributed by atoms with Crippen molar-refractivity contribution in [3.8, 4) is 0 Å². The number of thiophene rings is 1. The first kappa shape index (κ1) is 16.4. The van der Waals surface area contributed by atoms with E-state index in [0.717, 1.165) is 35.0 Å². The predicted octanol–water partition coefficient (Wildman–Crippen LogP) is 3.71. The summed E-state index contributed by atoms with van der Waals surface area (Å²) in [6.07, 6.45) is 1.66. The van der Waals surface area contributed by atoms with Crippen LogP contribution in [0.4, 0.5) is 0 Å². The second-order valence-corrected chi connectivity index (χ2v) is 7.88. The maximum absolute atomic E-state index is 12.8. The van der Waals surface area contributed by atoms with Crippen LogP contribution >= 0.6 is 11.3 Å². The number of aliphatic hydroxyl groups is 1. The van der Waals surface area contributed by atoms with Gasteiger partial charge < -0.3 is 15.4 Å².